The van der Waals surface area contributed by atoms with Crippen LogP contribution in [0.5, 0.6) is 11.5 Å². The second-order valence-electron chi connectivity index (χ2n) is 8.53. The predicted octanol–water partition coefficient (Wildman–Crippen LogP) is 6.20. The maximum Gasteiger partial charge on any atom is 0.387 e. The Morgan fingerprint density at radius 1 is 1.00 bits per heavy atom. The lowest BCUT2D eigenvalue weighted by Gasteiger charge is -2.18. The smallest absolute Gasteiger partial charge is 0.387 e. The summed E-state index contributed by atoms with van der Waals surface area (Å²) in [5.41, 5.74) is 2.45. The standard InChI is InChI=1S/C26H26F2N2O3S/c1-26(2,3)18-12-14-30(15-13-18)22(24(34)29-19-6-5-7-21(16-19)32-4)23(31)17-8-10-20(11-9-17)33-25(27)28/h5-16,25H,1-4H3,(H-,29,31,34)/p+1. The Hall–Kier alpha value is -3.52. The summed E-state index contributed by atoms with van der Waals surface area (Å²) in [4.78, 5) is 0.257. The number of anilines is 1. The van der Waals surface area contributed by atoms with Gasteiger partial charge in [-0.3, -0.25) is 0 Å². The normalized spacial score (nSPS) is 12.2. The molecule has 0 atom stereocenters. The van der Waals surface area contributed by atoms with Gasteiger partial charge in [0.2, 0.25) is 0 Å². The molecule has 1 aromatic heterocycles. The van der Waals surface area contributed by atoms with Crippen molar-refractivity contribution in [1.29, 1.82) is 0 Å². The number of benzene rings is 2. The highest BCUT2D eigenvalue weighted by Crippen LogP contribution is 2.25. The molecule has 0 spiro atoms. The van der Waals surface area contributed by atoms with Crippen molar-refractivity contribution in [3.05, 3.63) is 84.2 Å². The van der Waals surface area contributed by atoms with Crippen LogP contribution in [0.4, 0.5) is 14.5 Å². The fourth-order valence-electron chi connectivity index (χ4n) is 3.24. The number of aromatic nitrogens is 1. The van der Waals surface area contributed by atoms with Gasteiger partial charge in [-0.15, -0.1) is 0 Å². The van der Waals surface area contributed by atoms with E-state index in [1.54, 1.807) is 17.7 Å². The molecule has 8 heteroatoms. The Morgan fingerprint density at radius 3 is 2.21 bits per heavy atom. The van der Waals surface area contributed by atoms with Gasteiger partial charge in [0, 0.05) is 29.4 Å². The van der Waals surface area contributed by atoms with Gasteiger partial charge in [-0.25, -0.2) is 0 Å². The highest BCUT2D eigenvalue weighted by molar-refractivity contribution is 7.81. The topological polar surface area (TPSA) is 54.6 Å². The fourth-order valence-corrected chi connectivity index (χ4v) is 3.56. The average Bonchev–Trinajstić information content (AvgIpc) is 2.79. The molecule has 178 valence electrons. The number of methoxy groups -OCH3 is 1. The zero-order chi connectivity index (χ0) is 24.9. The number of rotatable bonds is 7. The van der Waals surface area contributed by atoms with E-state index in [1.165, 1.54) is 24.3 Å². The van der Waals surface area contributed by atoms with E-state index < -0.39 is 6.61 Å². The van der Waals surface area contributed by atoms with Crippen LogP contribution >= 0.6 is 12.2 Å². The number of aliphatic hydroxyl groups excluding tert-OH is 1. The minimum absolute atomic E-state index is 0.00707. The van der Waals surface area contributed by atoms with Crippen molar-refractivity contribution in [3.63, 3.8) is 0 Å². The van der Waals surface area contributed by atoms with Gasteiger partial charge in [-0.1, -0.05) is 39.1 Å². The summed E-state index contributed by atoms with van der Waals surface area (Å²) < 4.78 is 36.4. The molecule has 3 aromatic rings. The number of thiocarbonyl (C=S) groups is 1. The van der Waals surface area contributed by atoms with Crippen LogP contribution in [0.3, 0.4) is 0 Å². The monoisotopic (exact) mass is 485 g/mol. The molecule has 0 radical (unpaired) electrons. The largest absolute Gasteiger partial charge is 0.502 e. The first-order valence-corrected chi connectivity index (χ1v) is 11.0. The van der Waals surface area contributed by atoms with Crippen molar-refractivity contribution in [2.45, 2.75) is 32.8 Å². The second kappa shape index (κ2) is 10.6. The van der Waals surface area contributed by atoms with Crippen LogP contribution in [0, 0.1) is 0 Å². The van der Waals surface area contributed by atoms with Crippen molar-refractivity contribution in [3.8, 4) is 11.5 Å². The Kier molecular flexibility index (Phi) is 7.83. The molecule has 0 amide bonds. The molecule has 2 aromatic carbocycles. The number of pyridine rings is 1. The summed E-state index contributed by atoms with van der Waals surface area (Å²) in [6, 6.07) is 16.9. The SMILES string of the molecule is COc1cccc(NC(=S)/C(=C(\O)c2ccc(OC(F)F)cc2)[n+]2ccc(C(C)(C)C)cc2)c1. The van der Waals surface area contributed by atoms with Gasteiger partial charge in [0.1, 0.15) is 11.5 Å². The Balaban J connectivity index is 2.04. The third kappa shape index (κ3) is 6.29. The summed E-state index contributed by atoms with van der Waals surface area (Å²) in [5.74, 6) is 0.518. The molecule has 0 aliphatic carbocycles. The van der Waals surface area contributed by atoms with Crippen LogP contribution in [-0.4, -0.2) is 23.8 Å². The van der Waals surface area contributed by atoms with Crippen molar-refractivity contribution in [1.82, 2.24) is 0 Å². The molecule has 0 aliphatic heterocycles. The minimum Gasteiger partial charge on any atom is -0.502 e. The highest BCUT2D eigenvalue weighted by atomic mass is 32.1. The van der Waals surface area contributed by atoms with Crippen LogP contribution in [-0.2, 0) is 5.41 Å². The summed E-state index contributed by atoms with van der Waals surface area (Å²) in [6.07, 6.45) is 3.64. The molecular formula is C26H27F2N2O3S+. The van der Waals surface area contributed by atoms with Crippen LogP contribution < -0.4 is 19.4 Å². The molecule has 0 unspecified atom stereocenters. The quantitative estimate of drug-likeness (QED) is 0.181. The number of nitrogens with one attached hydrogen (secondary N) is 1. The van der Waals surface area contributed by atoms with E-state index in [2.05, 4.69) is 30.8 Å². The van der Waals surface area contributed by atoms with Crippen LogP contribution in [0.1, 0.15) is 31.9 Å². The van der Waals surface area contributed by atoms with Gasteiger partial charge >= 0.3 is 6.61 Å². The van der Waals surface area contributed by atoms with Crippen molar-refractivity contribution < 1.29 is 27.9 Å². The summed E-state index contributed by atoms with van der Waals surface area (Å²) in [6.45, 7) is 3.40. The lowest BCUT2D eigenvalue weighted by atomic mass is 9.88. The second-order valence-corrected chi connectivity index (χ2v) is 8.94. The van der Waals surface area contributed by atoms with E-state index >= 15 is 0 Å². The maximum atomic E-state index is 12.5. The van der Waals surface area contributed by atoms with E-state index in [9.17, 15) is 13.9 Å². The number of aliphatic hydroxyl groups is 1. The van der Waals surface area contributed by atoms with Crippen molar-refractivity contribution >= 4 is 34.3 Å². The minimum atomic E-state index is -2.93. The van der Waals surface area contributed by atoms with E-state index in [4.69, 9.17) is 17.0 Å². The van der Waals surface area contributed by atoms with Gasteiger partial charge in [-0.2, -0.15) is 13.3 Å². The van der Waals surface area contributed by atoms with Gasteiger partial charge < -0.3 is 19.9 Å². The third-order valence-corrected chi connectivity index (χ3v) is 5.37. The van der Waals surface area contributed by atoms with E-state index in [-0.39, 0.29) is 21.9 Å². The molecule has 0 fully saturated rings. The number of hydrogen-bond donors (Lipinski definition) is 2. The predicted molar refractivity (Wildman–Crippen MR) is 133 cm³/mol. The number of halogens is 2. The van der Waals surface area contributed by atoms with E-state index in [1.807, 2.05) is 42.7 Å². The van der Waals surface area contributed by atoms with Crippen LogP contribution in [0.25, 0.3) is 11.5 Å². The van der Waals surface area contributed by atoms with E-state index in [0.717, 1.165) is 5.56 Å². The number of nitrogens with zero attached hydrogens (tertiary/aromatic N) is 1. The Labute approximate surface area is 203 Å². The summed E-state index contributed by atoms with van der Waals surface area (Å²) in [5, 5.41) is 14.3. The van der Waals surface area contributed by atoms with Gasteiger partial charge in [0.25, 0.3) is 5.70 Å². The Bertz CT molecular complexity index is 1170. The molecule has 3 rings (SSSR count). The molecule has 1 heterocycles. The zero-order valence-electron chi connectivity index (χ0n) is 19.4. The number of alkyl halides is 2. The molecule has 0 aliphatic rings. The lowest BCUT2D eigenvalue weighted by molar-refractivity contribution is -0.575. The molecular weight excluding hydrogens is 458 g/mol. The average molecular weight is 486 g/mol. The third-order valence-electron chi connectivity index (χ3n) is 5.07. The van der Waals surface area contributed by atoms with Gasteiger partial charge in [0.15, 0.2) is 23.1 Å². The van der Waals surface area contributed by atoms with Crippen LogP contribution in [0.2, 0.25) is 0 Å². The Morgan fingerprint density at radius 2 is 1.65 bits per heavy atom. The molecule has 0 saturated heterocycles. The molecule has 2 N–H and O–H groups in total. The molecule has 0 bridgehead atoms. The fraction of sp³-hybridized carbons (Fsp3) is 0.231. The maximum absolute atomic E-state index is 12.5. The van der Waals surface area contributed by atoms with E-state index in [0.29, 0.717) is 22.7 Å². The van der Waals surface area contributed by atoms with Gasteiger partial charge in [0.05, 0.1) is 7.11 Å². The molecule has 34 heavy (non-hydrogen) atoms. The van der Waals surface area contributed by atoms with Crippen molar-refractivity contribution in [2.75, 3.05) is 12.4 Å². The lowest BCUT2D eigenvalue weighted by Crippen LogP contribution is -2.39. The number of hydrogen-bond acceptors (Lipinski definition) is 4. The van der Waals surface area contributed by atoms with Gasteiger partial charge in [-0.05, 0) is 47.4 Å². The first kappa shape index (κ1) is 25.1. The van der Waals surface area contributed by atoms with Crippen LogP contribution in [0.15, 0.2) is 73.1 Å². The number of ether oxygens (including phenoxy) is 2. The van der Waals surface area contributed by atoms with Crippen molar-refractivity contribution in [2.24, 2.45) is 0 Å². The summed E-state index contributed by atoms with van der Waals surface area (Å²) in [7, 11) is 1.57. The summed E-state index contributed by atoms with van der Waals surface area (Å²) >= 11 is 5.67. The zero-order valence-corrected chi connectivity index (χ0v) is 20.2. The molecule has 0 saturated carbocycles. The first-order chi connectivity index (χ1) is 16.1. The molecule has 5 nitrogen and oxygen atoms in total. The first-order valence-electron chi connectivity index (χ1n) is 10.5. The highest BCUT2D eigenvalue weighted by Gasteiger charge is 2.25.